The maximum atomic E-state index is 12.0. The van der Waals surface area contributed by atoms with E-state index < -0.39 is 0 Å². The summed E-state index contributed by atoms with van der Waals surface area (Å²) in [5.74, 6) is 1.51. The van der Waals surface area contributed by atoms with Crippen molar-refractivity contribution in [2.75, 3.05) is 24.8 Å². The Labute approximate surface area is 149 Å². The average molecular weight is 342 g/mol. The molecule has 5 heteroatoms. The van der Waals surface area contributed by atoms with Crippen LogP contribution in [0.5, 0.6) is 11.5 Å². The summed E-state index contributed by atoms with van der Waals surface area (Å²) in [6.45, 7) is 4.67. The number of benzene rings is 2. The van der Waals surface area contributed by atoms with E-state index in [1.54, 1.807) is 25.3 Å². The number of amides is 1. The molecular formula is C20H26N2O3. The molecule has 3 N–H and O–H groups in total. The number of methoxy groups -OCH3 is 1. The van der Waals surface area contributed by atoms with E-state index in [-0.39, 0.29) is 5.91 Å². The summed E-state index contributed by atoms with van der Waals surface area (Å²) >= 11 is 0. The predicted molar refractivity (Wildman–Crippen MR) is 101 cm³/mol. The van der Waals surface area contributed by atoms with Crippen molar-refractivity contribution in [2.45, 2.75) is 33.1 Å². The third kappa shape index (κ3) is 5.71. The lowest BCUT2D eigenvalue weighted by molar-refractivity contribution is -0.116. The van der Waals surface area contributed by atoms with Crippen molar-refractivity contribution in [3.8, 4) is 11.5 Å². The van der Waals surface area contributed by atoms with Crippen LogP contribution in [0, 0.1) is 13.8 Å². The number of hydrogen-bond donors (Lipinski definition) is 2. The molecule has 1 amide bonds. The van der Waals surface area contributed by atoms with Gasteiger partial charge < -0.3 is 20.5 Å². The molecule has 0 saturated carbocycles. The standard InChI is InChI=1S/C20H26N2O3/c1-14-7-8-15(2)19(12-14)25-11-5-4-6-20(23)22-18-13-16(24-3)9-10-17(18)21/h7-10,12-13H,4-6,11,21H2,1-3H3,(H,22,23). The van der Waals surface area contributed by atoms with Crippen LogP contribution in [0.3, 0.4) is 0 Å². The number of nitrogens with two attached hydrogens (primary N) is 1. The molecule has 0 heterocycles. The smallest absolute Gasteiger partial charge is 0.224 e. The zero-order valence-corrected chi connectivity index (χ0v) is 15.1. The molecule has 0 aliphatic heterocycles. The molecule has 0 aliphatic rings. The van der Waals surface area contributed by atoms with E-state index in [9.17, 15) is 4.79 Å². The van der Waals surface area contributed by atoms with Crippen LogP contribution in [-0.2, 0) is 4.79 Å². The first-order valence-electron chi connectivity index (χ1n) is 8.43. The van der Waals surface area contributed by atoms with E-state index in [4.69, 9.17) is 15.2 Å². The summed E-state index contributed by atoms with van der Waals surface area (Å²) in [4.78, 5) is 12.0. The SMILES string of the molecule is COc1ccc(N)c(NC(=O)CCCCOc2cc(C)ccc2C)c1. The Morgan fingerprint density at radius 2 is 1.92 bits per heavy atom. The Bertz CT molecular complexity index is 729. The summed E-state index contributed by atoms with van der Waals surface area (Å²) < 4.78 is 10.9. The Morgan fingerprint density at radius 3 is 2.68 bits per heavy atom. The lowest BCUT2D eigenvalue weighted by Gasteiger charge is -2.11. The van der Waals surface area contributed by atoms with Crippen LogP contribution >= 0.6 is 0 Å². The molecular weight excluding hydrogens is 316 g/mol. The molecule has 5 nitrogen and oxygen atoms in total. The van der Waals surface area contributed by atoms with Crippen LogP contribution < -0.4 is 20.5 Å². The number of unbranched alkanes of at least 4 members (excludes halogenated alkanes) is 1. The number of nitrogen functional groups attached to an aromatic ring is 1. The third-order valence-electron chi connectivity index (χ3n) is 3.93. The predicted octanol–water partition coefficient (Wildman–Crippen LogP) is 4.08. The zero-order valence-electron chi connectivity index (χ0n) is 15.1. The number of rotatable bonds is 8. The van der Waals surface area contributed by atoms with Crippen molar-refractivity contribution < 1.29 is 14.3 Å². The Morgan fingerprint density at radius 1 is 1.12 bits per heavy atom. The van der Waals surface area contributed by atoms with Crippen molar-refractivity contribution in [1.82, 2.24) is 0 Å². The second-order valence-corrected chi connectivity index (χ2v) is 6.08. The van der Waals surface area contributed by atoms with Crippen LogP contribution in [-0.4, -0.2) is 19.6 Å². The molecule has 134 valence electrons. The third-order valence-corrected chi connectivity index (χ3v) is 3.93. The van der Waals surface area contributed by atoms with Gasteiger partial charge in [-0.25, -0.2) is 0 Å². The zero-order chi connectivity index (χ0) is 18.2. The summed E-state index contributed by atoms with van der Waals surface area (Å²) in [6.07, 6.45) is 1.99. The van der Waals surface area contributed by atoms with E-state index in [2.05, 4.69) is 17.4 Å². The highest BCUT2D eigenvalue weighted by molar-refractivity contribution is 5.94. The first-order chi connectivity index (χ1) is 12.0. The van der Waals surface area contributed by atoms with Crippen LogP contribution in [0.25, 0.3) is 0 Å². The van der Waals surface area contributed by atoms with Crippen LogP contribution in [0.15, 0.2) is 36.4 Å². The monoisotopic (exact) mass is 342 g/mol. The van der Waals surface area contributed by atoms with Crippen molar-refractivity contribution >= 4 is 17.3 Å². The molecule has 0 aromatic heterocycles. The molecule has 0 bridgehead atoms. The number of ether oxygens (including phenoxy) is 2. The van der Waals surface area contributed by atoms with E-state index in [0.717, 1.165) is 24.2 Å². The molecule has 0 unspecified atom stereocenters. The number of aryl methyl sites for hydroxylation is 2. The maximum absolute atomic E-state index is 12.0. The normalized spacial score (nSPS) is 10.4. The quantitative estimate of drug-likeness (QED) is 0.560. The van der Waals surface area contributed by atoms with Crippen molar-refractivity contribution in [3.05, 3.63) is 47.5 Å². The maximum Gasteiger partial charge on any atom is 0.224 e. The van der Waals surface area contributed by atoms with Crippen molar-refractivity contribution in [3.63, 3.8) is 0 Å². The Hall–Kier alpha value is -2.69. The van der Waals surface area contributed by atoms with Gasteiger partial charge in [0.05, 0.1) is 25.1 Å². The highest BCUT2D eigenvalue weighted by Gasteiger charge is 2.07. The van der Waals surface area contributed by atoms with Gasteiger partial charge >= 0.3 is 0 Å². The van der Waals surface area contributed by atoms with E-state index in [0.29, 0.717) is 30.2 Å². The van der Waals surface area contributed by atoms with Gasteiger partial charge in [-0.1, -0.05) is 12.1 Å². The van der Waals surface area contributed by atoms with Gasteiger partial charge in [-0.15, -0.1) is 0 Å². The topological polar surface area (TPSA) is 73.6 Å². The summed E-state index contributed by atoms with van der Waals surface area (Å²) in [7, 11) is 1.58. The lowest BCUT2D eigenvalue weighted by atomic mass is 10.1. The summed E-state index contributed by atoms with van der Waals surface area (Å²) in [6, 6.07) is 11.3. The first-order valence-corrected chi connectivity index (χ1v) is 8.43. The van der Waals surface area contributed by atoms with E-state index >= 15 is 0 Å². The highest BCUT2D eigenvalue weighted by atomic mass is 16.5. The molecule has 0 fully saturated rings. The summed E-state index contributed by atoms with van der Waals surface area (Å²) in [5, 5.41) is 2.83. The second kappa shape index (κ2) is 8.97. The largest absolute Gasteiger partial charge is 0.497 e. The Kier molecular flexibility index (Phi) is 6.69. The molecule has 0 aliphatic carbocycles. The summed E-state index contributed by atoms with van der Waals surface area (Å²) in [5.41, 5.74) is 9.27. The number of carbonyl (C=O) groups excluding carboxylic acids is 1. The van der Waals surface area contributed by atoms with Crippen molar-refractivity contribution in [2.24, 2.45) is 0 Å². The molecule has 2 rings (SSSR count). The van der Waals surface area contributed by atoms with Gasteiger partial charge in [-0.05, 0) is 56.0 Å². The molecule has 2 aromatic carbocycles. The number of anilines is 2. The molecule has 0 atom stereocenters. The minimum Gasteiger partial charge on any atom is -0.497 e. The molecule has 0 saturated heterocycles. The molecule has 0 spiro atoms. The second-order valence-electron chi connectivity index (χ2n) is 6.08. The van der Waals surface area contributed by atoms with Gasteiger partial charge in [0.2, 0.25) is 5.91 Å². The van der Waals surface area contributed by atoms with Gasteiger partial charge in [-0.2, -0.15) is 0 Å². The van der Waals surface area contributed by atoms with Crippen LogP contribution in [0.2, 0.25) is 0 Å². The Balaban J connectivity index is 1.73. The first kappa shape index (κ1) is 18.6. The number of carbonyl (C=O) groups is 1. The molecule has 2 aromatic rings. The van der Waals surface area contributed by atoms with Crippen LogP contribution in [0.1, 0.15) is 30.4 Å². The van der Waals surface area contributed by atoms with E-state index in [1.165, 1.54) is 5.56 Å². The number of hydrogen-bond acceptors (Lipinski definition) is 4. The fourth-order valence-corrected chi connectivity index (χ4v) is 2.42. The average Bonchev–Trinajstić information content (AvgIpc) is 2.59. The van der Waals surface area contributed by atoms with Gasteiger partial charge in [0.25, 0.3) is 0 Å². The minimum absolute atomic E-state index is 0.0633. The number of nitrogens with one attached hydrogen (secondary N) is 1. The molecule has 0 radical (unpaired) electrons. The minimum atomic E-state index is -0.0633. The lowest BCUT2D eigenvalue weighted by Crippen LogP contribution is -2.13. The fraction of sp³-hybridized carbons (Fsp3) is 0.350. The highest BCUT2D eigenvalue weighted by Crippen LogP contribution is 2.24. The van der Waals surface area contributed by atoms with E-state index in [1.807, 2.05) is 19.9 Å². The van der Waals surface area contributed by atoms with Gasteiger partial charge in [0, 0.05) is 12.5 Å². The molecule has 25 heavy (non-hydrogen) atoms. The van der Waals surface area contributed by atoms with Crippen LogP contribution in [0.4, 0.5) is 11.4 Å². The van der Waals surface area contributed by atoms with Crippen molar-refractivity contribution in [1.29, 1.82) is 0 Å². The van der Waals surface area contributed by atoms with Gasteiger partial charge in [0.15, 0.2) is 0 Å². The van der Waals surface area contributed by atoms with Gasteiger partial charge in [0.1, 0.15) is 11.5 Å². The fourth-order valence-electron chi connectivity index (χ4n) is 2.42. The van der Waals surface area contributed by atoms with Gasteiger partial charge in [-0.3, -0.25) is 4.79 Å².